The number of benzene rings is 1. The summed E-state index contributed by atoms with van der Waals surface area (Å²) in [4.78, 5) is 2.18. The highest BCUT2D eigenvalue weighted by Crippen LogP contribution is 2.24. The van der Waals surface area contributed by atoms with E-state index in [1.165, 1.54) is 36.2 Å². The van der Waals surface area contributed by atoms with E-state index in [9.17, 15) is 0 Å². The van der Waals surface area contributed by atoms with Crippen molar-refractivity contribution >= 4 is 11.4 Å². The van der Waals surface area contributed by atoms with Crippen LogP contribution < -0.4 is 10.2 Å². The zero-order valence-electron chi connectivity index (χ0n) is 13.5. The summed E-state index contributed by atoms with van der Waals surface area (Å²) in [5, 5.41) is 3.69. The van der Waals surface area contributed by atoms with Crippen LogP contribution in [0, 0.1) is 12.8 Å². The number of anilines is 2. The van der Waals surface area contributed by atoms with Crippen LogP contribution in [0.1, 0.15) is 45.6 Å². The Morgan fingerprint density at radius 2 is 1.84 bits per heavy atom. The Bertz CT molecular complexity index is 385. The van der Waals surface area contributed by atoms with E-state index in [-0.39, 0.29) is 0 Å². The molecule has 2 unspecified atom stereocenters. The van der Waals surface area contributed by atoms with Crippen LogP contribution in [0.15, 0.2) is 18.2 Å². The van der Waals surface area contributed by atoms with Crippen molar-refractivity contribution in [2.24, 2.45) is 5.92 Å². The van der Waals surface area contributed by atoms with Crippen LogP contribution in [-0.4, -0.2) is 20.1 Å². The number of aryl methyl sites for hydroxylation is 1. The minimum absolute atomic E-state index is 0.577. The number of hydrogen-bond donors (Lipinski definition) is 1. The van der Waals surface area contributed by atoms with E-state index in [1.54, 1.807) is 0 Å². The van der Waals surface area contributed by atoms with Gasteiger partial charge in [-0.25, -0.2) is 0 Å². The first kappa shape index (κ1) is 15.9. The number of nitrogens with zero attached hydrogens (tertiary/aromatic N) is 1. The van der Waals surface area contributed by atoms with Crippen LogP contribution in [0.5, 0.6) is 0 Å². The van der Waals surface area contributed by atoms with Crippen LogP contribution in [0.2, 0.25) is 0 Å². The lowest BCUT2D eigenvalue weighted by atomic mass is 9.97. The highest BCUT2D eigenvalue weighted by atomic mass is 15.1. The predicted molar refractivity (Wildman–Crippen MR) is 87.3 cm³/mol. The van der Waals surface area contributed by atoms with Gasteiger partial charge in [0.05, 0.1) is 0 Å². The van der Waals surface area contributed by atoms with Crippen LogP contribution in [0.4, 0.5) is 11.4 Å². The van der Waals surface area contributed by atoms with E-state index in [2.05, 4.69) is 70.2 Å². The molecule has 0 fully saturated rings. The Morgan fingerprint density at radius 3 is 2.37 bits per heavy atom. The van der Waals surface area contributed by atoms with Crippen molar-refractivity contribution in [2.45, 2.75) is 53.0 Å². The molecule has 1 aromatic carbocycles. The molecule has 0 radical (unpaired) electrons. The van der Waals surface area contributed by atoms with Crippen molar-refractivity contribution in [1.82, 2.24) is 0 Å². The molecule has 0 saturated heterocycles. The van der Waals surface area contributed by atoms with E-state index < -0.39 is 0 Å². The van der Waals surface area contributed by atoms with Gasteiger partial charge < -0.3 is 10.2 Å². The Labute approximate surface area is 119 Å². The maximum atomic E-state index is 3.69. The summed E-state index contributed by atoms with van der Waals surface area (Å²) in [5.41, 5.74) is 3.86. The molecule has 0 heterocycles. The molecule has 1 rings (SSSR count). The van der Waals surface area contributed by atoms with Gasteiger partial charge in [-0.05, 0) is 43.4 Å². The number of nitrogens with one attached hydrogen (secondary N) is 1. The first-order valence-electron chi connectivity index (χ1n) is 7.52. The van der Waals surface area contributed by atoms with E-state index in [1.807, 2.05) is 0 Å². The zero-order chi connectivity index (χ0) is 14.4. The summed E-state index contributed by atoms with van der Waals surface area (Å²) in [7, 11) is 4.20. The molecule has 108 valence electrons. The van der Waals surface area contributed by atoms with Crippen LogP contribution >= 0.6 is 0 Å². The molecule has 0 aliphatic rings. The summed E-state index contributed by atoms with van der Waals surface area (Å²) >= 11 is 0. The molecule has 0 aliphatic carbocycles. The molecule has 2 nitrogen and oxygen atoms in total. The van der Waals surface area contributed by atoms with Crippen LogP contribution in [0.25, 0.3) is 0 Å². The molecule has 19 heavy (non-hydrogen) atoms. The summed E-state index contributed by atoms with van der Waals surface area (Å²) in [6.07, 6.45) is 3.68. The summed E-state index contributed by atoms with van der Waals surface area (Å²) in [6.45, 7) is 9.04. The highest BCUT2D eigenvalue weighted by Gasteiger charge is 2.11. The summed E-state index contributed by atoms with van der Waals surface area (Å²) < 4.78 is 0. The van der Waals surface area contributed by atoms with Gasteiger partial charge in [0.2, 0.25) is 0 Å². The van der Waals surface area contributed by atoms with Gasteiger partial charge in [-0.2, -0.15) is 0 Å². The van der Waals surface area contributed by atoms with Crippen molar-refractivity contribution in [3.63, 3.8) is 0 Å². The largest absolute Gasteiger partial charge is 0.382 e. The van der Waals surface area contributed by atoms with Gasteiger partial charge in [-0.3, -0.25) is 0 Å². The molecule has 0 saturated carbocycles. The van der Waals surface area contributed by atoms with E-state index in [0.29, 0.717) is 6.04 Å². The first-order valence-corrected chi connectivity index (χ1v) is 7.52. The quantitative estimate of drug-likeness (QED) is 0.767. The third-order valence-electron chi connectivity index (χ3n) is 3.94. The first-order chi connectivity index (χ1) is 8.97. The van der Waals surface area contributed by atoms with E-state index in [0.717, 1.165) is 5.92 Å². The predicted octanol–water partition coefficient (Wildman–Crippen LogP) is 4.69. The van der Waals surface area contributed by atoms with E-state index >= 15 is 0 Å². The molecule has 1 N–H and O–H groups in total. The maximum Gasteiger partial charge on any atom is 0.0411 e. The van der Waals surface area contributed by atoms with Crippen molar-refractivity contribution in [2.75, 3.05) is 24.3 Å². The Hall–Kier alpha value is -1.18. The van der Waals surface area contributed by atoms with Gasteiger partial charge in [0.15, 0.2) is 0 Å². The Morgan fingerprint density at radius 1 is 1.16 bits per heavy atom. The van der Waals surface area contributed by atoms with Gasteiger partial charge in [0.25, 0.3) is 0 Å². The number of hydrogen-bond acceptors (Lipinski definition) is 2. The average molecular weight is 262 g/mol. The fourth-order valence-electron chi connectivity index (χ4n) is 2.40. The summed E-state index contributed by atoms with van der Waals surface area (Å²) in [5.74, 6) is 0.788. The highest BCUT2D eigenvalue weighted by molar-refractivity contribution is 5.62. The standard InChI is InChI=1S/C17H30N2/c1-7-13(3)11-15(8-2)18-16-10-9-14(4)17(12-16)19(5)6/h9-10,12-13,15,18H,7-8,11H2,1-6H3. The lowest BCUT2D eigenvalue weighted by Crippen LogP contribution is -2.21. The molecule has 0 amide bonds. The molecule has 0 aromatic heterocycles. The second-order valence-corrected chi connectivity index (χ2v) is 5.89. The van der Waals surface area contributed by atoms with Gasteiger partial charge in [-0.1, -0.05) is 33.3 Å². The van der Waals surface area contributed by atoms with E-state index in [4.69, 9.17) is 0 Å². The van der Waals surface area contributed by atoms with Crippen LogP contribution in [0.3, 0.4) is 0 Å². The van der Waals surface area contributed by atoms with Gasteiger partial charge >= 0.3 is 0 Å². The fraction of sp³-hybridized carbons (Fsp3) is 0.647. The van der Waals surface area contributed by atoms with Gasteiger partial charge in [0.1, 0.15) is 0 Å². The fourth-order valence-corrected chi connectivity index (χ4v) is 2.40. The van der Waals surface area contributed by atoms with Crippen molar-refractivity contribution in [3.05, 3.63) is 23.8 Å². The van der Waals surface area contributed by atoms with Gasteiger partial charge in [0, 0.05) is 31.5 Å². The van der Waals surface area contributed by atoms with Gasteiger partial charge in [-0.15, -0.1) is 0 Å². The average Bonchev–Trinajstić information content (AvgIpc) is 2.39. The molecule has 2 atom stereocenters. The zero-order valence-corrected chi connectivity index (χ0v) is 13.5. The lowest BCUT2D eigenvalue weighted by Gasteiger charge is -2.23. The van der Waals surface area contributed by atoms with Crippen molar-refractivity contribution < 1.29 is 0 Å². The molecule has 0 spiro atoms. The molecule has 2 heteroatoms. The third-order valence-corrected chi connectivity index (χ3v) is 3.94. The lowest BCUT2D eigenvalue weighted by molar-refractivity contribution is 0.462. The third kappa shape index (κ3) is 4.77. The Kier molecular flexibility index (Phi) is 6.20. The Balaban J connectivity index is 2.77. The van der Waals surface area contributed by atoms with Crippen LogP contribution in [-0.2, 0) is 0 Å². The molecule has 0 bridgehead atoms. The van der Waals surface area contributed by atoms with Crippen molar-refractivity contribution in [3.8, 4) is 0 Å². The normalized spacial score (nSPS) is 14.0. The topological polar surface area (TPSA) is 15.3 Å². The molecular formula is C17H30N2. The summed E-state index contributed by atoms with van der Waals surface area (Å²) in [6, 6.07) is 7.23. The smallest absolute Gasteiger partial charge is 0.0411 e. The molecule has 0 aliphatic heterocycles. The number of rotatable bonds is 7. The minimum atomic E-state index is 0.577. The molecule has 1 aromatic rings. The monoisotopic (exact) mass is 262 g/mol. The SMILES string of the molecule is CCC(C)CC(CC)Nc1ccc(C)c(N(C)C)c1. The second-order valence-electron chi connectivity index (χ2n) is 5.89. The molecular weight excluding hydrogens is 232 g/mol. The minimum Gasteiger partial charge on any atom is -0.382 e. The maximum absolute atomic E-state index is 3.69. The van der Waals surface area contributed by atoms with Crippen molar-refractivity contribution in [1.29, 1.82) is 0 Å². The second kappa shape index (κ2) is 7.42.